The third kappa shape index (κ3) is 7.68. The molecule has 296 valence electrons. The standard InChI is InChI=1S/C39H35N9O8S2/c1-58(55,56)47-12-10-26(21-47)35(51)41-20-34(50)44-39-42-30(22-57-39)25-4-2-3-23(17-25)24-9-11-40-32(18-24)46-15-13-45(14-16-46)27-5-6-28-29(19-27)38(54)48(37(28)53)31-7-8-33(49)43-36(31)52/h2-6,9-12,17-19,21-22,31H,7-8,13-16,20H2,1H3,(H,41,51)(H,42,44,50)(H,43,49,52). The van der Waals surface area contributed by atoms with E-state index in [2.05, 4.69) is 35.7 Å². The molecular weight excluding hydrogens is 787 g/mol. The minimum atomic E-state index is -3.54. The van der Waals surface area contributed by atoms with Gasteiger partial charge in [-0.1, -0.05) is 18.2 Å². The van der Waals surface area contributed by atoms with Gasteiger partial charge in [-0.2, -0.15) is 0 Å². The zero-order chi connectivity index (χ0) is 40.7. The number of carbonyl (C=O) groups is 6. The lowest BCUT2D eigenvalue weighted by atomic mass is 10.0. The number of amides is 6. The summed E-state index contributed by atoms with van der Waals surface area (Å²) in [6.45, 7) is 2.23. The Labute approximate surface area is 335 Å². The number of nitrogens with zero attached hydrogens (tertiary/aromatic N) is 6. The summed E-state index contributed by atoms with van der Waals surface area (Å²) in [6.07, 6.45) is 5.37. The Morgan fingerprint density at radius 2 is 1.64 bits per heavy atom. The summed E-state index contributed by atoms with van der Waals surface area (Å²) in [6, 6.07) is 17.3. The van der Waals surface area contributed by atoms with Gasteiger partial charge in [-0.15, -0.1) is 11.3 Å². The third-order valence-electron chi connectivity index (χ3n) is 10.1. The molecule has 2 fully saturated rings. The van der Waals surface area contributed by atoms with Gasteiger partial charge in [-0.25, -0.2) is 18.4 Å². The first-order chi connectivity index (χ1) is 27.8. The van der Waals surface area contributed by atoms with Crippen molar-refractivity contribution in [2.75, 3.05) is 54.1 Å². The average Bonchev–Trinajstić information content (AvgIpc) is 3.97. The maximum atomic E-state index is 13.4. The number of hydrogen-bond donors (Lipinski definition) is 3. The molecule has 3 N–H and O–H groups in total. The predicted molar refractivity (Wildman–Crippen MR) is 214 cm³/mol. The van der Waals surface area contributed by atoms with Crippen LogP contribution in [0.25, 0.3) is 22.4 Å². The number of fused-ring (bicyclic) bond motifs is 1. The number of nitrogens with one attached hydrogen (secondary N) is 3. The summed E-state index contributed by atoms with van der Waals surface area (Å²) in [5.74, 6) is -2.42. The molecule has 3 aliphatic heterocycles. The van der Waals surface area contributed by atoms with E-state index in [1.165, 1.54) is 29.8 Å². The van der Waals surface area contributed by atoms with Crippen LogP contribution in [0.3, 0.4) is 0 Å². The number of carbonyl (C=O) groups excluding carboxylic acids is 6. The number of imide groups is 2. The van der Waals surface area contributed by atoms with Crippen LogP contribution in [0.5, 0.6) is 0 Å². The van der Waals surface area contributed by atoms with Crippen LogP contribution in [-0.4, -0.2) is 108 Å². The second kappa shape index (κ2) is 15.3. The molecule has 3 aromatic heterocycles. The lowest BCUT2D eigenvalue weighted by Gasteiger charge is -2.37. The summed E-state index contributed by atoms with van der Waals surface area (Å²) in [5.41, 5.74) is 4.75. The third-order valence-corrected chi connectivity index (χ3v) is 11.9. The van der Waals surface area contributed by atoms with E-state index in [9.17, 15) is 37.2 Å². The van der Waals surface area contributed by atoms with E-state index in [1.54, 1.807) is 18.3 Å². The van der Waals surface area contributed by atoms with Crippen molar-refractivity contribution in [3.05, 3.63) is 101 Å². The molecule has 0 bridgehead atoms. The molecule has 0 saturated carbocycles. The summed E-state index contributed by atoms with van der Waals surface area (Å²) < 4.78 is 24.3. The van der Waals surface area contributed by atoms with Gasteiger partial charge < -0.3 is 20.4 Å². The second-order valence-corrected chi connectivity index (χ2v) is 16.6. The largest absolute Gasteiger partial charge is 0.368 e. The minimum Gasteiger partial charge on any atom is -0.368 e. The molecule has 19 heteroatoms. The maximum absolute atomic E-state index is 13.4. The predicted octanol–water partition coefficient (Wildman–Crippen LogP) is 2.58. The molecule has 0 radical (unpaired) electrons. The Kier molecular flexibility index (Phi) is 10.1. The number of piperidine rings is 1. The lowest BCUT2D eigenvalue weighted by Crippen LogP contribution is -2.54. The number of hydrogen-bond acceptors (Lipinski definition) is 13. The van der Waals surface area contributed by atoms with E-state index in [4.69, 9.17) is 0 Å². The van der Waals surface area contributed by atoms with Crippen molar-refractivity contribution in [3.63, 3.8) is 0 Å². The summed E-state index contributed by atoms with van der Waals surface area (Å²) >= 11 is 1.24. The van der Waals surface area contributed by atoms with E-state index in [1.807, 2.05) is 47.8 Å². The highest BCUT2D eigenvalue weighted by Gasteiger charge is 2.44. The van der Waals surface area contributed by atoms with Gasteiger partial charge in [-0.05, 0) is 60.0 Å². The first-order valence-electron chi connectivity index (χ1n) is 18.2. The van der Waals surface area contributed by atoms with E-state index in [0.717, 1.165) is 43.3 Å². The molecule has 1 unspecified atom stereocenters. The monoisotopic (exact) mass is 821 g/mol. The van der Waals surface area contributed by atoms with Crippen LogP contribution in [-0.2, 0) is 24.4 Å². The maximum Gasteiger partial charge on any atom is 0.262 e. The molecule has 2 aromatic carbocycles. The fourth-order valence-electron chi connectivity index (χ4n) is 7.09. The second-order valence-electron chi connectivity index (χ2n) is 13.9. The van der Waals surface area contributed by atoms with Crippen molar-refractivity contribution in [1.82, 2.24) is 29.5 Å². The number of aromatic nitrogens is 3. The van der Waals surface area contributed by atoms with Crippen molar-refractivity contribution in [3.8, 4) is 22.4 Å². The van der Waals surface area contributed by atoms with Crippen LogP contribution in [0.4, 0.5) is 16.6 Å². The van der Waals surface area contributed by atoms with Crippen LogP contribution < -0.4 is 25.8 Å². The molecule has 6 amide bonds. The van der Waals surface area contributed by atoms with Gasteiger partial charge in [0.1, 0.15) is 11.9 Å². The zero-order valence-corrected chi connectivity index (χ0v) is 32.5. The van der Waals surface area contributed by atoms with Crippen LogP contribution >= 0.6 is 11.3 Å². The zero-order valence-electron chi connectivity index (χ0n) is 30.9. The van der Waals surface area contributed by atoms with Crippen molar-refractivity contribution < 1.29 is 37.2 Å². The smallest absolute Gasteiger partial charge is 0.262 e. The minimum absolute atomic E-state index is 0.0588. The fourth-order valence-corrected chi connectivity index (χ4v) is 8.41. The molecule has 3 aliphatic rings. The van der Waals surface area contributed by atoms with Gasteiger partial charge in [0.2, 0.25) is 27.7 Å². The Hall–Kier alpha value is -6.73. The topological polar surface area (TPSA) is 213 Å². The average molecular weight is 822 g/mol. The van der Waals surface area contributed by atoms with Crippen molar-refractivity contribution in [2.24, 2.45) is 0 Å². The van der Waals surface area contributed by atoms with E-state index < -0.39 is 51.5 Å². The van der Waals surface area contributed by atoms with Crippen LogP contribution in [0.1, 0.15) is 43.9 Å². The quantitative estimate of drug-likeness (QED) is 0.174. The van der Waals surface area contributed by atoms with Crippen LogP contribution in [0, 0.1) is 0 Å². The van der Waals surface area contributed by atoms with Gasteiger partial charge in [0.15, 0.2) is 5.13 Å². The lowest BCUT2D eigenvalue weighted by molar-refractivity contribution is -0.136. The first-order valence-corrected chi connectivity index (χ1v) is 20.9. The fraction of sp³-hybridized carbons (Fsp3) is 0.231. The van der Waals surface area contributed by atoms with Crippen molar-refractivity contribution >= 4 is 73.4 Å². The molecule has 2 saturated heterocycles. The Balaban J connectivity index is 0.873. The Bertz CT molecular complexity index is 2630. The Morgan fingerprint density at radius 1 is 0.897 bits per heavy atom. The number of benzene rings is 2. The van der Waals surface area contributed by atoms with E-state index in [-0.39, 0.29) is 36.1 Å². The van der Waals surface area contributed by atoms with Crippen LogP contribution in [0.2, 0.25) is 0 Å². The van der Waals surface area contributed by atoms with E-state index in [0.29, 0.717) is 37.0 Å². The van der Waals surface area contributed by atoms with E-state index >= 15 is 0 Å². The van der Waals surface area contributed by atoms with Crippen LogP contribution in [0.15, 0.2) is 84.6 Å². The number of anilines is 3. The highest BCUT2D eigenvalue weighted by atomic mass is 32.2. The number of pyridine rings is 1. The molecule has 5 aromatic rings. The molecular formula is C39H35N9O8S2. The van der Waals surface area contributed by atoms with Gasteiger partial charge in [0.05, 0.1) is 35.2 Å². The molecule has 8 rings (SSSR count). The highest BCUT2D eigenvalue weighted by Crippen LogP contribution is 2.33. The number of piperazine rings is 1. The van der Waals surface area contributed by atoms with Gasteiger partial charge in [0.25, 0.3) is 17.7 Å². The molecule has 0 spiro atoms. The van der Waals surface area contributed by atoms with Crippen molar-refractivity contribution in [2.45, 2.75) is 18.9 Å². The normalized spacial score (nSPS) is 17.0. The van der Waals surface area contributed by atoms with Gasteiger partial charge in [-0.3, -0.25) is 43.0 Å². The van der Waals surface area contributed by atoms with Crippen molar-refractivity contribution in [1.29, 1.82) is 0 Å². The molecule has 17 nitrogen and oxygen atoms in total. The summed E-state index contributed by atoms with van der Waals surface area (Å²) in [5, 5.41) is 9.55. The molecule has 1 atom stereocenters. The van der Waals surface area contributed by atoms with Gasteiger partial charge in [0, 0.05) is 67.8 Å². The number of rotatable bonds is 10. The summed E-state index contributed by atoms with van der Waals surface area (Å²) in [4.78, 5) is 90.1. The molecule has 58 heavy (non-hydrogen) atoms. The highest BCUT2D eigenvalue weighted by molar-refractivity contribution is 7.89. The SMILES string of the molecule is CS(=O)(=O)n1ccc(C(=O)NCC(=O)Nc2nc(-c3cccc(-c4ccnc(N5CCN(c6ccc7c(c6)C(=O)N(C6CCC(=O)NC6=O)C7=O)CC5)c4)c3)cs2)c1. The van der Waals surface area contributed by atoms with Gasteiger partial charge >= 0.3 is 0 Å². The molecule has 6 heterocycles. The Morgan fingerprint density at radius 3 is 2.40 bits per heavy atom. The summed E-state index contributed by atoms with van der Waals surface area (Å²) in [7, 11) is -3.54. The number of thiazole rings is 1. The molecule has 0 aliphatic carbocycles. The first kappa shape index (κ1) is 38.2.